The molecular formula is C16H29NO2S. The molecule has 0 aromatic rings. The average Bonchev–Trinajstić information content (AvgIpc) is 3.03. The molecule has 2 aliphatic rings. The van der Waals surface area contributed by atoms with Crippen LogP contribution in [0, 0.1) is 0 Å². The summed E-state index contributed by atoms with van der Waals surface area (Å²) in [6.45, 7) is 6.63. The highest BCUT2D eigenvalue weighted by molar-refractivity contribution is 8.00. The third-order valence-electron chi connectivity index (χ3n) is 4.25. The van der Waals surface area contributed by atoms with Crippen molar-refractivity contribution in [2.45, 2.75) is 87.8 Å². The Morgan fingerprint density at radius 3 is 2.55 bits per heavy atom. The molecule has 0 radical (unpaired) electrons. The summed E-state index contributed by atoms with van der Waals surface area (Å²) in [5.74, 6) is -0.0780. The number of carbonyl (C=O) groups is 1. The molecule has 0 aromatic heterocycles. The Balaban J connectivity index is 1.89. The normalized spacial score (nSPS) is 24.4. The molecule has 0 heterocycles. The van der Waals surface area contributed by atoms with Crippen LogP contribution in [0.15, 0.2) is 0 Å². The van der Waals surface area contributed by atoms with Crippen molar-refractivity contribution in [3.05, 3.63) is 0 Å². The Kier molecular flexibility index (Phi) is 5.79. The lowest BCUT2D eigenvalue weighted by atomic mass is 9.95. The van der Waals surface area contributed by atoms with Gasteiger partial charge in [-0.25, -0.2) is 0 Å². The zero-order chi connectivity index (χ0) is 14.6. The first-order chi connectivity index (χ1) is 9.53. The fraction of sp³-hybridized carbons (Fsp3) is 0.938. The summed E-state index contributed by atoms with van der Waals surface area (Å²) >= 11 is 2.07. The van der Waals surface area contributed by atoms with Gasteiger partial charge in [-0.15, -0.1) is 0 Å². The number of nitrogens with one attached hydrogen (secondary N) is 1. The molecular weight excluding hydrogens is 270 g/mol. The van der Waals surface area contributed by atoms with Gasteiger partial charge in [0.05, 0.1) is 6.61 Å². The number of ether oxygens (including phenoxy) is 1. The van der Waals surface area contributed by atoms with Crippen molar-refractivity contribution in [1.82, 2.24) is 5.32 Å². The van der Waals surface area contributed by atoms with E-state index in [1.165, 1.54) is 38.5 Å². The van der Waals surface area contributed by atoms with Crippen LogP contribution in [0.1, 0.15) is 65.7 Å². The van der Waals surface area contributed by atoms with Crippen LogP contribution in [-0.4, -0.2) is 34.7 Å². The molecule has 20 heavy (non-hydrogen) atoms. The van der Waals surface area contributed by atoms with Crippen molar-refractivity contribution in [2.75, 3.05) is 6.61 Å². The fourth-order valence-electron chi connectivity index (χ4n) is 3.15. The lowest BCUT2D eigenvalue weighted by molar-refractivity contribution is -0.150. The van der Waals surface area contributed by atoms with Crippen LogP contribution in [0.25, 0.3) is 0 Å². The molecule has 0 amide bonds. The SMILES string of the molecule is CCOC(=O)C(C)(CC(C)SC1CCCC1)NC1CC1. The molecule has 2 atom stereocenters. The summed E-state index contributed by atoms with van der Waals surface area (Å²) in [5, 5.41) is 4.82. The lowest BCUT2D eigenvalue weighted by Crippen LogP contribution is -2.53. The average molecular weight is 299 g/mol. The third-order valence-corrected chi connectivity index (χ3v) is 5.74. The van der Waals surface area contributed by atoms with Crippen LogP contribution >= 0.6 is 11.8 Å². The molecule has 3 nitrogen and oxygen atoms in total. The third kappa shape index (κ3) is 4.66. The minimum absolute atomic E-state index is 0.0780. The first-order valence-corrected chi connectivity index (χ1v) is 9.08. The van der Waals surface area contributed by atoms with Gasteiger partial charge in [0.25, 0.3) is 0 Å². The summed E-state index contributed by atoms with van der Waals surface area (Å²) in [6.07, 6.45) is 8.70. The molecule has 116 valence electrons. The molecule has 2 unspecified atom stereocenters. The van der Waals surface area contributed by atoms with Gasteiger partial charge in [0.2, 0.25) is 0 Å². The van der Waals surface area contributed by atoms with Gasteiger partial charge in [-0.05, 0) is 46.0 Å². The number of carbonyl (C=O) groups excluding carboxylic acids is 1. The van der Waals surface area contributed by atoms with E-state index in [0.717, 1.165) is 11.7 Å². The van der Waals surface area contributed by atoms with Crippen LogP contribution in [0.5, 0.6) is 0 Å². The van der Waals surface area contributed by atoms with Crippen molar-refractivity contribution >= 4 is 17.7 Å². The van der Waals surface area contributed by atoms with E-state index in [0.29, 0.717) is 17.9 Å². The molecule has 0 aromatic carbocycles. The van der Waals surface area contributed by atoms with Crippen LogP contribution in [0.2, 0.25) is 0 Å². The van der Waals surface area contributed by atoms with E-state index >= 15 is 0 Å². The van der Waals surface area contributed by atoms with E-state index in [1.807, 2.05) is 13.8 Å². The predicted molar refractivity (Wildman–Crippen MR) is 85.1 cm³/mol. The Morgan fingerprint density at radius 1 is 1.35 bits per heavy atom. The number of esters is 1. The van der Waals surface area contributed by atoms with Crippen molar-refractivity contribution in [2.24, 2.45) is 0 Å². The van der Waals surface area contributed by atoms with Crippen molar-refractivity contribution in [1.29, 1.82) is 0 Å². The minimum atomic E-state index is -0.512. The molecule has 0 bridgehead atoms. The minimum Gasteiger partial charge on any atom is -0.465 e. The van der Waals surface area contributed by atoms with Gasteiger partial charge in [0.15, 0.2) is 0 Å². The second-order valence-corrected chi connectivity index (χ2v) is 8.27. The van der Waals surface area contributed by atoms with E-state index in [2.05, 4.69) is 24.0 Å². The van der Waals surface area contributed by atoms with E-state index in [-0.39, 0.29) is 5.97 Å². The molecule has 0 saturated heterocycles. The maximum atomic E-state index is 12.3. The smallest absolute Gasteiger partial charge is 0.326 e. The van der Waals surface area contributed by atoms with Crippen molar-refractivity contribution in [3.63, 3.8) is 0 Å². The number of thioether (sulfide) groups is 1. The number of rotatable bonds is 8. The van der Waals surface area contributed by atoms with Gasteiger partial charge in [-0.3, -0.25) is 10.1 Å². The summed E-state index contributed by atoms with van der Waals surface area (Å²) < 4.78 is 5.30. The van der Waals surface area contributed by atoms with Gasteiger partial charge in [-0.2, -0.15) is 11.8 Å². The molecule has 2 rings (SSSR count). The topological polar surface area (TPSA) is 38.3 Å². The Morgan fingerprint density at radius 2 is 2.00 bits per heavy atom. The Labute approximate surface area is 127 Å². The maximum absolute atomic E-state index is 12.3. The van der Waals surface area contributed by atoms with Crippen LogP contribution in [0.4, 0.5) is 0 Å². The maximum Gasteiger partial charge on any atom is 0.326 e. The fourth-order valence-corrected chi connectivity index (χ4v) is 4.84. The van der Waals surface area contributed by atoms with Gasteiger partial charge in [0.1, 0.15) is 5.54 Å². The molecule has 0 spiro atoms. The largest absolute Gasteiger partial charge is 0.465 e. The van der Waals surface area contributed by atoms with Crippen LogP contribution in [0.3, 0.4) is 0 Å². The number of hydrogen-bond acceptors (Lipinski definition) is 4. The van der Waals surface area contributed by atoms with Gasteiger partial charge in [0, 0.05) is 16.5 Å². The highest BCUT2D eigenvalue weighted by Crippen LogP contribution is 2.36. The molecule has 0 aliphatic heterocycles. The quantitative estimate of drug-likeness (QED) is 0.696. The Bertz CT molecular complexity index is 326. The Hall–Kier alpha value is -0.220. The highest BCUT2D eigenvalue weighted by Gasteiger charge is 2.41. The van der Waals surface area contributed by atoms with E-state index < -0.39 is 5.54 Å². The monoisotopic (exact) mass is 299 g/mol. The number of hydrogen-bond donors (Lipinski definition) is 1. The summed E-state index contributed by atoms with van der Waals surface area (Å²) in [4.78, 5) is 12.3. The van der Waals surface area contributed by atoms with E-state index in [9.17, 15) is 4.79 Å². The molecule has 1 N–H and O–H groups in total. The predicted octanol–water partition coefficient (Wildman–Crippen LogP) is 3.51. The van der Waals surface area contributed by atoms with E-state index in [4.69, 9.17) is 4.74 Å². The first kappa shape index (κ1) is 16.2. The molecule has 2 aliphatic carbocycles. The van der Waals surface area contributed by atoms with E-state index in [1.54, 1.807) is 0 Å². The second-order valence-electron chi connectivity index (χ2n) is 6.53. The van der Waals surface area contributed by atoms with Crippen molar-refractivity contribution in [3.8, 4) is 0 Å². The molecule has 2 saturated carbocycles. The summed E-state index contributed by atoms with van der Waals surface area (Å²) in [7, 11) is 0. The zero-order valence-electron chi connectivity index (χ0n) is 13.1. The summed E-state index contributed by atoms with van der Waals surface area (Å²) in [6, 6.07) is 0.521. The standard InChI is InChI=1S/C16H29NO2S/c1-4-19-15(18)16(3,17-13-9-10-13)11-12(2)20-14-7-5-6-8-14/h12-14,17H,4-11H2,1-3H3. The second kappa shape index (κ2) is 7.17. The van der Waals surface area contributed by atoms with Gasteiger partial charge in [-0.1, -0.05) is 19.8 Å². The lowest BCUT2D eigenvalue weighted by Gasteiger charge is -2.32. The van der Waals surface area contributed by atoms with Gasteiger partial charge >= 0.3 is 5.97 Å². The van der Waals surface area contributed by atoms with Crippen LogP contribution in [-0.2, 0) is 9.53 Å². The van der Waals surface area contributed by atoms with Gasteiger partial charge < -0.3 is 4.74 Å². The van der Waals surface area contributed by atoms with Crippen LogP contribution < -0.4 is 5.32 Å². The summed E-state index contributed by atoms with van der Waals surface area (Å²) in [5.41, 5.74) is -0.512. The zero-order valence-corrected chi connectivity index (χ0v) is 13.9. The van der Waals surface area contributed by atoms with Crippen molar-refractivity contribution < 1.29 is 9.53 Å². The molecule has 4 heteroatoms. The first-order valence-electron chi connectivity index (χ1n) is 8.14. The highest BCUT2D eigenvalue weighted by atomic mass is 32.2. The molecule has 2 fully saturated rings.